The number of amides is 1. The van der Waals surface area contributed by atoms with E-state index in [4.69, 9.17) is 15.9 Å². The number of piperazine rings is 1. The third-order valence-corrected chi connectivity index (χ3v) is 7.49. The van der Waals surface area contributed by atoms with E-state index in [9.17, 15) is 23.1 Å². The summed E-state index contributed by atoms with van der Waals surface area (Å²) in [6, 6.07) is 17.0. The highest BCUT2D eigenvalue weighted by Gasteiger charge is 2.27. The number of carbonyl (C=O) groups excluding carboxylic acids is 1. The molecule has 3 aromatic carbocycles. The maximum atomic E-state index is 12.9. The molecule has 1 atom stereocenters. The summed E-state index contributed by atoms with van der Waals surface area (Å²) in [7, 11) is -4.08. The zero-order valence-electron chi connectivity index (χ0n) is 21.6. The molecule has 6 N–H and O–H groups in total. The molecule has 39 heavy (non-hydrogen) atoms. The Morgan fingerprint density at radius 1 is 1.10 bits per heavy atom. The number of carbonyl (C=O) groups is 2. The molecule has 1 aliphatic rings. The van der Waals surface area contributed by atoms with Crippen molar-refractivity contribution in [3.05, 3.63) is 77.9 Å². The molecular weight excluding hydrogens is 522 g/mol. The van der Waals surface area contributed by atoms with Crippen LogP contribution in [0.4, 0.5) is 4.79 Å². The third-order valence-electron chi connectivity index (χ3n) is 5.96. The average molecular weight is 556 g/mol. The van der Waals surface area contributed by atoms with Crippen LogP contribution in [0.5, 0.6) is 0 Å². The van der Waals surface area contributed by atoms with Gasteiger partial charge in [0.15, 0.2) is 0 Å². The number of amidine groups is 1. The van der Waals surface area contributed by atoms with Gasteiger partial charge in [0, 0.05) is 37.1 Å². The van der Waals surface area contributed by atoms with E-state index in [0.717, 1.165) is 31.6 Å². The van der Waals surface area contributed by atoms with Gasteiger partial charge in [0.2, 0.25) is 10.0 Å². The molecule has 0 radical (unpaired) electrons. The third kappa shape index (κ3) is 8.24. The van der Waals surface area contributed by atoms with Crippen molar-refractivity contribution in [3.63, 3.8) is 0 Å². The second-order valence-corrected chi connectivity index (χ2v) is 10.4. The van der Waals surface area contributed by atoms with Crippen molar-refractivity contribution >= 4 is 38.7 Å². The van der Waals surface area contributed by atoms with Gasteiger partial charge in [-0.2, -0.15) is 4.72 Å². The lowest BCUT2D eigenvalue weighted by Gasteiger charge is -2.26. The van der Waals surface area contributed by atoms with Crippen LogP contribution in [0.1, 0.15) is 18.1 Å². The minimum absolute atomic E-state index is 0.0225. The molecular formula is C27H33N5O6S. The van der Waals surface area contributed by atoms with Crippen LogP contribution in [0.3, 0.4) is 0 Å². The minimum atomic E-state index is -4.08. The number of nitrogens with one attached hydrogen (secondary N) is 3. The fraction of sp³-hybridized carbons (Fsp3) is 0.296. The normalized spacial score (nSPS) is 14.1. The van der Waals surface area contributed by atoms with Gasteiger partial charge in [0.05, 0.1) is 11.5 Å². The number of benzene rings is 3. The topological polar surface area (TPSA) is 175 Å². The van der Waals surface area contributed by atoms with Crippen LogP contribution in [-0.2, 0) is 26.0 Å². The fourth-order valence-corrected chi connectivity index (χ4v) is 5.44. The number of carboxylic acid groups (broad SMARTS) is 1. The summed E-state index contributed by atoms with van der Waals surface area (Å²) in [4.78, 5) is 24.5. The number of carboxylic acids is 1. The molecule has 11 nitrogen and oxygen atoms in total. The average Bonchev–Trinajstić information content (AvgIpc) is 2.93. The van der Waals surface area contributed by atoms with Gasteiger partial charge in [-0.05, 0) is 36.4 Å². The number of hydrogen-bond acceptors (Lipinski definition) is 7. The standard InChI is InChI=1S/C20H19N3O4S.C7H14N2O2/c21-19(22)15-8-3-5-13(11-15)12-17(20(24)25)23-28(26,27)18-10-4-7-14-6-1-2-9-16(14)18;1-2-11-7(10)9-5-3-8-4-6-9/h1-11,17,23H,12H2,(H3,21,22)(H,24,25);8H,2-6H2,1H3. The highest BCUT2D eigenvalue weighted by molar-refractivity contribution is 7.89. The Hall–Kier alpha value is -4.00. The Morgan fingerprint density at radius 3 is 2.44 bits per heavy atom. The maximum Gasteiger partial charge on any atom is 0.409 e. The smallest absolute Gasteiger partial charge is 0.409 e. The SMILES string of the molecule is CCOC(=O)N1CCNCC1.N=C(N)c1cccc(CC(NS(=O)(=O)c2cccc3ccccc23)C(=O)O)c1. The van der Waals surface area contributed by atoms with Crippen LogP contribution in [0.2, 0.25) is 0 Å². The van der Waals surface area contributed by atoms with E-state index in [1.54, 1.807) is 65.6 Å². The number of hydrogen-bond donors (Lipinski definition) is 5. The lowest BCUT2D eigenvalue weighted by molar-refractivity contribution is -0.138. The number of fused-ring (bicyclic) bond motifs is 1. The number of aliphatic carboxylic acids is 1. The lowest BCUT2D eigenvalue weighted by Crippen LogP contribution is -2.46. The summed E-state index contributed by atoms with van der Waals surface area (Å²) in [6.45, 7) is 5.55. The van der Waals surface area contributed by atoms with E-state index in [1.807, 2.05) is 6.92 Å². The predicted octanol–water partition coefficient (Wildman–Crippen LogP) is 2.15. The summed E-state index contributed by atoms with van der Waals surface area (Å²) in [5, 5.41) is 21.4. The minimum Gasteiger partial charge on any atom is -0.480 e. The number of rotatable bonds is 8. The number of nitrogen functional groups attached to an aromatic ring is 1. The Bertz CT molecular complexity index is 1420. The molecule has 3 aromatic rings. The number of nitrogens with two attached hydrogens (primary N) is 1. The molecule has 1 heterocycles. The van der Waals surface area contributed by atoms with Crippen LogP contribution >= 0.6 is 0 Å². The van der Waals surface area contributed by atoms with Gasteiger partial charge in [-0.1, -0.05) is 54.6 Å². The second-order valence-electron chi connectivity index (χ2n) is 8.74. The molecule has 12 heteroatoms. The van der Waals surface area contributed by atoms with Crippen molar-refractivity contribution < 1.29 is 27.9 Å². The molecule has 0 saturated carbocycles. The van der Waals surface area contributed by atoms with Gasteiger partial charge < -0.3 is 25.8 Å². The van der Waals surface area contributed by atoms with Gasteiger partial charge in [0.1, 0.15) is 11.9 Å². The monoisotopic (exact) mass is 555 g/mol. The van der Waals surface area contributed by atoms with Crippen LogP contribution in [0.25, 0.3) is 10.8 Å². The van der Waals surface area contributed by atoms with Crippen LogP contribution < -0.4 is 15.8 Å². The molecule has 0 bridgehead atoms. The first-order valence-electron chi connectivity index (χ1n) is 12.4. The van der Waals surface area contributed by atoms with Crippen molar-refractivity contribution in [3.8, 4) is 0 Å². The van der Waals surface area contributed by atoms with Crippen molar-refractivity contribution in [1.82, 2.24) is 14.9 Å². The number of sulfonamides is 1. The molecule has 0 aromatic heterocycles. The molecule has 208 valence electrons. The van der Waals surface area contributed by atoms with Gasteiger partial charge in [-0.3, -0.25) is 10.2 Å². The first-order chi connectivity index (χ1) is 18.6. The van der Waals surface area contributed by atoms with E-state index in [1.165, 1.54) is 6.07 Å². The largest absolute Gasteiger partial charge is 0.480 e. The second kappa shape index (κ2) is 13.7. The van der Waals surface area contributed by atoms with Gasteiger partial charge in [0.25, 0.3) is 0 Å². The fourth-order valence-electron chi connectivity index (χ4n) is 4.02. The molecule has 0 spiro atoms. The number of ether oxygens (including phenoxy) is 1. The van der Waals surface area contributed by atoms with Crippen LogP contribution in [0, 0.1) is 5.41 Å². The van der Waals surface area contributed by atoms with Crippen molar-refractivity contribution in [2.24, 2.45) is 5.73 Å². The van der Waals surface area contributed by atoms with Gasteiger partial charge in [-0.25, -0.2) is 13.2 Å². The van der Waals surface area contributed by atoms with E-state index in [2.05, 4.69) is 10.0 Å². The highest BCUT2D eigenvalue weighted by Crippen LogP contribution is 2.23. The Morgan fingerprint density at radius 2 is 1.77 bits per heavy atom. The Labute approximate surface area is 227 Å². The Kier molecular flexibility index (Phi) is 10.4. The van der Waals surface area contributed by atoms with Gasteiger partial charge >= 0.3 is 12.1 Å². The first kappa shape index (κ1) is 29.6. The lowest BCUT2D eigenvalue weighted by atomic mass is 10.0. The summed E-state index contributed by atoms with van der Waals surface area (Å²) in [5.41, 5.74) is 6.46. The van der Waals surface area contributed by atoms with Crippen LogP contribution in [0.15, 0.2) is 71.6 Å². The zero-order valence-corrected chi connectivity index (χ0v) is 22.4. The van der Waals surface area contributed by atoms with E-state index in [-0.39, 0.29) is 23.2 Å². The molecule has 1 saturated heterocycles. The highest BCUT2D eigenvalue weighted by atomic mass is 32.2. The van der Waals surface area contributed by atoms with E-state index >= 15 is 0 Å². The summed E-state index contributed by atoms with van der Waals surface area (Å²) in [5.74, 6) is -1.44. The summed E-state index contributed by atoms with van der Waals surface area (Å²) < 4.78 is 32.9. The predicted molar refractivity (Wildman–Crippen MR) is 148 cm³/mol. The molecule has 4 rings (SSSR count). The molecule has 1 aliphatic heterocycles. The van der Waals surface area contributed by atoms with E-state index < -0.39 is 22.0 Å². The molecule has 1 amide bonds. The first-order valence-corrected chi connectivity index (χ1v) is 13.9. The molecule has 1 fully saturated rings. The zero-order chi connectivity index (χ0) is 28.4. The summed E-state index contributed by atoms with van der Waals surface area (Å²) >= 11 is 0. The van der Waals surface area contributed by atoms with Crippen LogP contribution in [-0.4, -0.2) is 75.2 Å². The van der Waals surface area contributed by atoms with Crippen molar-refractivity contribution in [2.45, 2.75) is 24.3 Å². The van der Waals surface area contributed by atoms with E-state index in [0.29, 0.717) is 23.1 Å². The Balaban J connectivity index is 0.000000320. The van der Waals surface area contributed by atoms with Crippen molar-refractivity contribution in [1.29, 1.82) is 5.41 Å². The quantitative estimate of drug-likeness (QED) is 0.207. The summed E-state index contributed by atoms with van der Waals surface area (Å²) in [6.07, 6.45) is -0.269. The van der Waals surface area contributed by atoms with Crippen molar-refractivity contribution in [2.75, 3.05) is 32.8 Å². The number of nitrogens with zero attached hydrogens (tertiary/aromatic N) is 1. The molecule has 0 aliphatic carbocycles. The maximum absolute atomic E-state index is 12.9. The van der Waals surface area contributed by atoms with Gasteiger partial charge in [-0.15, -0.1) is 0 Å². The molecule has 1 unspecified atom stereocenters.